The standard InChI is InChI=1S/C3H6O/c1-3(2)4/h1-2H3/i1TD2. The van der Waals surface area contributed by atoms with Crippen molar-refractivity contribution < 1.29 is 8.91 Å². The Morgan fingerprint density at radius 2 is 3.00 bits per heavy atom. The van der Waals surface area contributed by atoms with Crippen LogP contribution in [-0.4, -0.2) is 5.78 Å². The van der Waals surface area contributed by atoms with Gasteiger partial charge in [0.15, 0.2) is 0 Å². The summed E-state index contributed by atoms with van der Waals surface area (Å²) in [6.45, 7) is -1.34. The minimum Gasteiger partial charge on any atom is -0.300 e. The lowest BCUT2D eigenvalue weighted by molar-refractivity contribution is -0.114. The Morgan fingerprint density at radius 3 is 3.00 bits per heavy atom. The lowest BCUT2D eigenvalue weighted by atomic mass is 10.6. The largest absolute Gasteiger partial charge is 0.300 e. The lowest BCUT2D eigenvalue weighted by Crippen LogP contribution is -1.69. The zero-order chi connectivity index (χ0) is 6.08. The van der Waals surface area contributed by atoms with Gasteiger partial charge in [-0.15, -0.1) is 0 Å². The third-order valence-electron chi connectivity index (χ3n) is 0. The fraction of sp³-hybridized carbons (Fsp3) is 0.667. The minimum absolute atomic E-state index is 0.757. The van der Waals surface area contributed by atoms with Crippen LogP contribution < -0.4 is 0 Å². The molecule has 1 heteroatoms. The number of Topliss-reactive ketones (excluding diaryl/α,β-unsaturated/α-hetero) is 1. The molecule has 1 nitrogen and oxygen atoms in total. The van der Waals surface area contributed by atoms with Gasteiger partial charge in [0.25, 0.3) is 0 Å². The Balaban J connectivity index is 3.79. The number of carbonyl (C=O) groups excluding carboxylic acids is 1. The summed E-state index contributed by atoms with van der Waals surface area (Å²) in [5.74, 6) is -0.757. The second-order valence-electron chi connectivity index (χ2n) is 0.556. The first kappa shape index (κ1) is 0.814. The second-order valence-corrected chi connectivity index (χ2v) is 0.556. The molecule has 24 valence electrons. The zero-order valence-electron chi connectivity index (χ0n) is 5.41. The molecule has 0 aromatic rings. The Hall–Kier alpha value is -0.330. The molecule has 0 aromatic carbocycles. The summed E-state index contributed by atoms with van der Waals surface area (Å²) in [6, 6.07) is 0. The molecule has 0 saturated carbocycles. The molecule has 4 heavy (non-hydrogen) atoms. The molecule has 0 rings (SSSR count). The van der Waals surface area contributed by atoms with E-state index in [-0.39, 0.29) is 0 Å². The van der Waals surface area contributed by atoms with Crippen molar-refractivity contribution in [2.75, 3.05) is 0 Å². The van der Waals surface area contributed by atoms with E-state index in [4.69, 9.17) is 4.11 Å². The van der Waals surface area contributed by atoms with Crippen LogP contribution in [0.5, 0.6) is 0 Å². The van der Waals surface area contributed by atoms with Crippen LogP contribution in [0, 0.1) is 0 Å². The van der Waals surface area contributed by atoms with E-state index in [0.29, 0.717) is 0 Å². The molecule has 0 bridgehead atoms. The highest BCUT2D eigenvalue weighted by molar-refractivity contribution is 5.72. The lowest BCUT2D eigenvalue weighted by Gasteiger charge is -1.56. The van der Waals surface area contributed by atoms with Gasteiger partial charge in [0, 0.05) is 4.11 Å². The summed E-state index contributed by atoms with van der Waals surface area (Å²) in [4.78, 5) is 9.90. The van der Waals surface area contributed by atoms with Crippen LogP contribution in [-0.2, 0) is 4.79 Å². The van der Waals surface area contributed by atoms with E-state index in [0.717, 1.165) is 6.92 Å². The van der Waals surface area contributed by atoms with Crippen LogP contribution in [0.3, 0.4) is 0 Å². The van der Waals surface area contributed by atoms with E-state index < -0.39 is 12.6 Å². The van der Waals surface area contributed by atoms with E-state index in [1.807, 2.05) is 0 Å². The van der Waals surface area contributed by atoms with Crippen molar-refractivity contribution in [1.82, 2.24) is 0 Å². The first-order valence-corrected chi connectivity index (χ1v) is 0.954. The zero-order valence-corrected chi connectivity index (χ0v) is 2.41. The van der Waals surface area contributed by atoms with Gasteiger partial charge < -0.3 is 4.79 Å². The van der Waals surface area contributed by atoms with Crippen LogP contribution in [0.15, 0.2) is 0 Å². The van der Waals surface area contributed by atoms with Gasteiger partial charge in [-0.05, 0) is 13.8 Å². The predicted molar refractivity (Wildman–Crippen MR) is 16.4 cm³/mol. The quantitative estimate of drug-likeness (QED) is 0.401. The summed E-state index contributed by atoms with van der Waals surface area (Å²) in [5.41, 5.74) is 0. The van der Waals surface area contributed by atoms with Crippen molar-refractivity contribution in [1.29, 1.82) is 0 Å². The van der Waals surface area contributed by atoms with Gasteiger partial charge in [0.05, 0.1) is 0 Å². The molecule has 0 aliphatic heterocycles. The van der Waals surface area contributed by atoms with Gasteiger partial charge in [-0.25, -0.2) is 0 Å². The van der Waals surface area contributed by atoms with E-state index in [1.54, 1.807) is 0 Å². The van der Waals surface area contributed by atoms with Crippen LogP contribution in [0.25, 0.3) is 0 Å². The fourth-order valence-electron chi connectivity index (χ4n) is 0. The van der Waals surface area contributed by atoms with E-state index in [1.165, 1.54) is 0 Å². The minimum atomic E-state index is -2.39. The van der Waals surface area contributed by atoms with Gasteiger partial charge in [-0.1, -0.05) is 0 Å². The highest BCUT2D eigenvalue weighted by Crippen LogP contribution is 1.50. The maximum absolute atomic E-state index is 9.90. The van der Waals surface area contributed by atoms with Crippen LogP contribution in [0.1, 0.15) is 17.9 Å². The average molecular weight is 62.1 g/mol. The molecule has 0 aromatic heterocycles. The van der Waals surface area contributed by atoms with Crippen molar-refractivity contribution in [3.05, 3.63) is 0 Å². The average Bonchev–Trinajstić information content (AvgIpc) is 1.31. The molecule has 0 saturated heterocycles. The van der Waals surface area contributed by atoms with E-state index in [2.05, 4.69) is 0 Å². The smallest absolute Gasteiger partial charge is 0.126 e. The molecule has 0 aliphatic carbocycles. The van der Waals surface area contributed by atoms with Crippen LogP contribution >= 0.6 is 0 Å². The maximum atomic E-state index is 9.90. The Kier molecular flexibility index (Phi) is 0.213. The first-order chi connectivity index (χ1) is 2.94. The Bertz CT molecular complexity index is 82.7. The molecule has 0 spiro atoms. The molecule has 0 heterocycles. The normalized spacial score (nSPS) is 20.8. The second kappa shape index (κ2) is 1.04. The van der Waals surface area contributed by atoms with E-state index >= 15 is 0 Å². The van der Waals surface area contributed by atoms with Crippen LogP contribution in [0.4, 0.5) is 0 Å². The summed E-state index contributed by atoms with van der Waals surface area (Å²) in [5, 5.41) is 0. The first-order valence-electron chi connectivity index (χ1n) is 2.45. The summed E-state index contributed by atoms with van der Waals surface area (Å²) in [7, 11) is 0. The Morgan fingerprint density at radius 1 is 2.75 bits per heavy atom. The highest BCUT2D eigenvalue weighted by atomic mass is 16.1. The van der Waals surface area contributed by atoms with Gasteiger partial charge in [0.2, 0.25) is 0 Å². The number of rotatable bonds is 0. The SMILES string of the molecule is [2H]C([2H])([3H])C(C)=O. The van der Waals surface area contributed by atoms with Crippen molar-refractivity contribution in [2.45, 2.75) is 13.8 Å². The van der Waals surface area contributed by atoms with Crippen molar-refractivity contribution in [3.63, 3.8) is 0 Å². The highest BCUT2D eigenvalue weighted by Gasteiger charge is 1.62. The molecule has 0 radical (unpaired) electrons. The van der Waals surface area contributed by atoms with Crippen molar-refractivity contribution in [2.24, 2.45) is 0 Å². The third-order valence-corrected chi connectivity index (χ3v) is 0. The molecule has 0 N–H and O–H groups in total. The van der Waals surface area contributed by atoms with Gasteiger partial charge in [-0.3, -0.25) is 0 Å². The molecule has 0 unspecified atom stereocenters. The summed E-state index contributed by atoms with van der Waals surface area (Å²) in [6.07, 6.45) is 0. The predicted octanol–water partition coefficient (Wildman–Crippen LogP) is 0.595. The molecule has 0 atom stereocenters. The van der Waals surface area contributed by atoms with Gasteiger partial charge >= 0.3 is 0 Å². The molecule has 0 aliphatic rings. The number of carbonyl (C=O) groups is 1. The molecular weight excluding hydrogens is 52.0 g/mol. The van der Waals surface area contributed by atoms with E-state index in [9.17, 15) is 4.79 Å². The molecule has 0 fully saturated rings. The van der Waals surface area contributed by atoms with Gasteiger partial charge in [0.1, 0.15) is 5.78 Å². The monoisotopic (exact) mass is 62.1 g/mol. The molecular formula is C3H6O. The third kappa shape index (κ3) is 6.88. The van der Waals surface area contributed by atoms with Crippen molar-refractivity contribution >= 4 is 5.78 Å². The number of hydrogen-bond acceptors (Lipinski definition) is 1. The summed E-state index contributed by atoms with van der Waals surface area (Å²) < 4.78 is 19.1. The number of hydrogen-bond donors (Lipinski definition) is 0. The Labute approximate surface area is 29.8 Å². The van der Waals surface area contributed by atoms with Gasteiger partial charge in [-0.2, -0.15) is 0 Å². The topological polar surface area (TPSA) is 17.1 Å². The molecule has 0 amide bonds. The number of ketones is 1. The van der Waals surface area contributed by atoms with Crippen LogP contribution in [0.2, 0.25) is 0 Å². The maximum Gasteiger partial charge on any atom is 0.126 e. The van der Waals surface area contributed by atoms with Crippen molar-refractivity contribution in [3.8, 4) is 0 Å². The summed E-state index contributed by atoms with van der Waals surface area (Å²) >= 11 is 0. The fourth-order valence-corrected chi connectivity index (χ4v) is 0.